The molecule has 0 fully saturated rings. The van der Waals surface area contributed by atoms with Gasteiger partial charge in [-0.25, -0.2) is 4.98 Å². The summed E-state index contributed by atoms with van der Waals surface area (Å²) in [5.41, 5.74) is 1.13. The maximum atomic E-state index is 5.86. The zero-order valence-corrected chi connectivity index (χ0v) is 11.0. The molecule has 0 aliphatic rings. The monoisotopic (exact) mass is 268 g/mol. The molecule has 0 aliphatic carbocycles. The molecule has 0 spiro atoms. The van der Waals surface area contributed by atoms with Crippen molar-refractivity contribution in [3.05, 3.63) is 45.2 Å². The molecule has 0 saturated heterocycles. The summed E-state index contributed by atoms with van der Waals surface area (Å²) in [6.45, 7) is 1.61. The molecule has 2 heterocycles. The highest BCUT2D eigenvalue weighted by molar-refractivity contribution is 7.16. The van der Waals surface area contributed by atoms with Crippen molar-refractivity contribution in [2.24, 2.45) is 0 Å². The van der Waals surface area contributed by atoms with Crippen LogP contribution in [0.5, 0.6) is 5.88 Å². The van der Waals surface area contributed by atoms with Crippen LogP contribution in [0.3, 0.4) is 0 Å². The molecular formula is C12H13ClN2OS. The predicted octanol–water partition coefficient (Wildman–Crippen LogP) is 3.09. The first-order valence-corrected chi connectivity index (χ1v) is 6.41. The third-order valence-electron chi connectivity index (χ3n) is 2.26. The first-order valence-electron chi connectivity index (χ1n) is 5.22. The van der Waals surface area contributed by atoms with Crippen LogP contribution >= 0.6 is 22.9 Å². The highest BCUT2D eigenvalue weighted by Gasteiger charge is 1.98. The minimum absolute atomic E-state index is 0.638. The Bertz CT molecular complexity index is 470. The molecule has 17 heavy (non-hydrogen) atoms. The number of thiophene rings is 1. The van der Waals surface area contributed by atoms with Crippen LogP contribution in [0, 0.1) is 0 Å². The quantitative estimate of drug-likeness (QED) is 0.905. The molecular weight excluding hydrogens is 256 g/mol. The number of nitrogens with one attached hydrogen (secondary N) is 1. The third kappa shape index (κ3) is 3.70. The van der Waals surface area contributed by atoms with Crippen molar-refractivity contribution < 1.29 is 4.74 Å². The summed E-state index contributed by atoms with van der Waals surface area (Å²) >= 11 is 7.45. The first kappa shape index (κ1) is 12.4. The number of nitrogens with zero attached hydrogens (tertiary/aromatic N) is 1. The Morgan fingerprint density at radius 1 is 1.29 bits per heavy atom. The number of rotatable bonds is 5. The lowest BCUT2D eigenvalue weighted by Gasteiger charge is -2.04. The number of aromatic nitrogens is 1. The van der Waals surface area contributed by atoms with E-state index in [1.54, 1.807) is 18.4 Å². The van der Waals surface area contributed by atoms with Crippen LogP contribution in [-0.2, 0) is 13.1 Å². The largest absolute Gasteiger partial charge is 0.481 e. The topological polar surface area (TPSA) is 34.1 Å². The van der Waals surface area contributed by atoms with Crippen molar-refractivity contribution in [2.45, 2.75) is 13.1 Å². The van der Waals surface area contributed by atoms with Crippen LogP contribution < -0.4 is 10.1 Å². The van der Waals surface area contributed by atoms with Gasteiger partial charge in [0.2, 0.25) is 5.88 Å². The molecule has 5 heteroatoms. The van der Waals surface area contributed by atoms with E-state index in [9.17, 15) is 0 Å². The van der Waals surface area contributed by atoms with Gasteiger partial charge in [-0.15, -0.1) is 11.3 Å². The van der Waals surface area contributed by atoms with Crippen LogP contribution in [0.2, 0.25) is 4.34 Å². The van der Waals surface area contributed by atoms with Crippen LogP contribution in [-0.4, -0.2) is 12.1 Å². The molecule has 0 atom stereocenters. The van der Waals surface area contributed by atoms with Crippen LogP contribution in [0.4, 0.5) is 0 Å². The van der Waals surface area contributed by atoms with Gasteiger partial charge in [0.25, 0.3) is 0 Å². The lowest BCUT2D eigenvalue weighted by Crippen LogP contribution is -2.11. The lowest BCUT2D eigenvalue weighted by molar-refractivity contribution is 0.397. The maximum absolute atomic E-state index is 5.86. The average molecular weight is 269 g/mol. The molecule has 0 amide bonds. The summed E-state index contributed by atoms with van der Waals surface area (Å²) in [7, 11) is 1.61. The smallest absolute Gasteiger partial charge is 0.212 e. The molecule has 0 saturated carbocycles. The number of hydrogen-bond donors (Lipinski definition) is 1. The molecule has 90 valence electrons. The van der Waals surface area contributed by atoms with Gasteiger partial charge in [-0.1, -0.05) is 17.7 Å². The van der Waals surface area contributed by atoms with Crippen LogP contribution in [0.15, 0.2) is 30.5 Å². The van der Waals surface area contributed by atoms with Gasteiger partial charge in [0.05, 0.1) is 11.4 Å². The van der Waals surface area contributed by atoms with E-state index in [0.29, 0.717) is 5.88 Å². The molecule has 0 radical (unpaired) electrons. The third-order valence-corrected chi connectivity index (χ3v) is 3.50. The van der Waals surface area contributed by atoms with Gasteiger partial charge in [-0.3, -0.25) is 0 Å². The Morgan fingerprint density at radius 2 is 2.18 bits per heavy atom. The van der Waals surface area contributed by atoms with E-state index in [4.69, 9.17) is 16.3 Å². The normalized spacial score (nSPS) is 10.5. The van der Waals surface area contributed by atoms with Crippen molar-refractivity contribution in [1.29, 1.82) is 0 Å². The number of hydrogen-bond acceptors (Lipinski definition) is 4. The van der Waals surface area contributed by atoms with Crippen LogP contribution in [0.1, 0.15) is 10.4 Å². The fourth-order valence-corrected chi connectivity index (χ4v) is 2.47. The number of methoxy groups -OCH3 is 1. The van der Waals surface area contributed by atoms with E-state index in [2.05, 4.69) is 10.3 Å². The van der Waals surface area contributed by atoms with Gasteiger partial charge in [0, 0.05) is 30.2 Å². The van der Waals surface area contributed by atoms with Gasteiger partial charge in [0.15, 0.2) is 0 Å². The molecule has 0 aliphatic heterocycles. The molecule has 2 aromatic heterocycles. The van der Waals surface area contributed by atoms with Crippen molar-refractivity contribution in [2.75, 3.05) is 7.11 Å². The van der Waals surface area contributed by atoms with Crippen molar-refractivity contribution >= 4 is 22.9 Å². The molecule has 1 N–H and O–H groups in total. The van der Waals surface area contributed by atoms with E-state index < -0.39 is 0 Å². The fraction of sp³-hybridized carbons (Fsp3) is 0.250. The molecule has 0 bridgehead atoms. The second kappa shape index (κ2) is 6.00. The summed E-state index contributed by atoms with van der Waals surface area (Å²) in [6.07, 6.45) is 1.81. The molecule has 3 nitrogen and oxygen atoms in total. The Kier molecular flexibility index (Phi) is 4.36. The number of ether oxygens (including phenoxy) is 1. The van der Waals surface area contributed by atoms with Gasteiger partial charge in [-0.2, -0.15) is 0 Å². The van der Waals surface area contributed by atoms with E-state index in [0.717, 1.165) is 23.0 Å². The SMILES string of the molecule is COc1ccc(CNCc2ccc(Cl)s2)cn1. The van der Waals surface area contributed by atoms with Gasteiger partial charge < -0.3 is 10.1 Å². The van der Waals surface area contributed by atoms with E-state index in [1.807, 2.05) is 30.5 Å². The second-order valence-electron chi connectivity index (χ2n) is 3.52. The van der Waals surface area contributed by atoms with Gasteiger partial charge in [-0.05, 0) is 17.7 Å². The van der Waals surface area contributed by atoms with Crippen molar-refractivity contribution in [1.82, 2.24) is 10.3 Å². The van der Waals surface area contributed by atoms with Crippen molar-refractivity contribution in [3.63, 3.8) is 0 Å². The summed E-state index contributed by atoms with van der Waals surface area (Å²) < 4.78 is 5.83. The Labute approximate surface area is 109 Å². The minimum Gasteiger partial charge on any atom is -0.481 e. The zero-order chi connectivity index (χ0) is 12.1. The molecule has 0 unspecified atom stereocenters. The summed E-state index contributed by atoms with van der Waals surface area (Å²) in [4.78, 5) is 5.38. The van der Waals surface area contributed by atoms with E-state index in [1.165, 1.54) is 4.88 Å². The van der Waals surface area contributed by atoms with Gasteiger partial charge >= 0.3 is 0 Å². The maximum Gasteiger partial charge on any atom is 0.212 e. The fourth-order valence-electron chi connectivity index (χ4n) is 1.41. The Morgan fingerprint density at radius 3 is 2.76 bits per heavy atom. The molecule has 0 aromatic carbocycles. The van der Waals surface area contributed by atoms with Crippen LogP contribution in [0.25, 0.3) is 0 Å². The molecule has 2 rings (SSSR count). The van der Waals surface area contributed by atoms with E-state index in [-0.39, 0.29) is 0 Å². The van der Waals surface area contributed by atoms with Gasteiger partial charge in [0.1, 0.15) is 0 Å². The Hall–Kier alpha value is -1.10. The Balaban J connectivity index is 1.81. The number of pyridine rings is 1. The summed E-state index contributed by atoms with van der Waals surface area (Å²) in [5, 5.41) is 3.34. The average Bonchev–Trinajstić information content (AvgIpc) is 2.76. The highest BCUT2D eigenvalue weighted by atomic mass is 35.5. The standard InChI is InChI=1S/C12H13ClN2OS/c1-16-12-5-2-9(7-15-12)6-14-8-10-3-4-11(13)17-10/h2-5,7,14H,6,8H2,1H3. The second-order valence-corrected chi connectivity index (χ2v) is 5.32. The number of halogens is 1. The predicted molar refractivity (Wildman–Crippen MR) is 70.7 cm³/mol. The molecule has 2 aromatic rings. The summed E-state index contributed by atoms with van der Waals surface area (Å²) in [6, 6.07) is 7.81. The lowest BCUT2D eigenvalue weighted by atomic mass is 10.3. The zero-order valence-electron chi connectivity index (χ0n) is 9.44. The highest BCUT2D eigenvalue weighted by Crippen LogP contribution is 2.21. The van der Waals surface area contributed by atoms with E-state index >= 15 is 0 Å². The minimum atomic E-state index is 0.638. The summed E-state index contributed by atoms with van der Waals surface area (Å²) in [5.74, 6) is 0.638. The first-order chi connectivity index (χ1) is 8.28. The van der Waals surface area contributed by atoms with Crippen molar-refractivity contribution in [3.8, 4) is 5.88 Å².